The number of imidazole rings is 1. The second kappa shape index (κ2) is 4.63. The van der Waals surface area contributed by atoms with Crippen molar-refractivity contribution in [3.8, 4) is 0 Å². The number of nitrogens with two attached hydrogens (primary N) is 1. The molecule has 0 unspecified atom stereocenters. The molecule has 2 aromatic rings. The van der Waals surface area contributed by atoms with Crippen LogP contribution in [0.5, 0.6) is 0 Å². The molecule has 102 valence electrons. The van der Waals surface area contributed by atoms with Gasteiger partial charge in [-0.1, -0.05) is 12.2 Å². The van der Waals surface area contributed by atoms with Gasteiger partial charge >= 0.3 is 0 Å². The summed E-state index contributed by atoms with van der Waals surface area (Å²) in [6, 6.07) is 0. The van der Waals surface area contributed by atoms with Gasteiger partial charge in [0.25, 0.3) is 10.0 Å². The number of anilines is 1. The van der Waals surface area contributed by atoms with Gasteiger partial charge in [0.2, 0.25) is 0 Å². The number of thiocarbonyl (C=S) groups is 1. The minimum Gasteiger partial charge on any atom is -0.389 e. The number of sulfonamides is 1. The van der Waals surface area contributed by atoms with Crippen LogP contribution >= 0.6 is 12.2 Å². The maximum absolute atomic E-state index is 12.1. The average Bonchev–Trinajstić information content (AvgIpc) is 2.87. The lowest BCUT2D eigenvalue weighted by Crippen LogP contribution is -2.19. The fourth-order valence-corrected chi connectivity index (χ4v) is 2.69. The SMILES string of the molecule is Cc1ncc(S(=O)(=O)Nc2c(C(N)=S)cnn2C)[nH]1. The van der Waals surface area contributed by atoms with Gasteiger partial charge in [-0.15, -0.1) is 0 Å². The van der Waals surface area contributed by atoms with Crippen molar-refractivity contribution in [1.29, 1.82) is 0 Å². The highest BCUT2D eigenvalue weighted by Gasteiger charge is 2.21. The zero-order valence-corrected chi connectivity index (χ0v) is 11.8. The molecule has 0 saturated carbocycles. The Balaban J connectivity index is 2.41. The minimum atomic E-state index is -3.78. The highest BCUT2D eigenvalue weighted by Crippen LogP contribution is 2.18. The maximum atomic E-state index is 12.1. The van der Waals surface area contributed by atoms with Gasteiger partial charge in [0.15, 0.2) is 5.03 Å². The van der Waals surface area contributed by atoms with Crippen molar-refractivity contribution in [1.82, 2.24) is 19.7 Å². The second-order valence-corrected chi connectivity index (χ2v) is 5.92. The molecular formula is C9H12N6O2S2. The highest BCUT2D eigenvalue weighted by molar-refractivity contribution is 7.92. The van der Waals surface area contributed by atoms with Crippen LogP contribution in [-0.2, 0) is 17.1 Å². The van der Waals surface area contributed by atoms with Crippen molar-refractivity contribution in [3.63, 3.8) is 0 Å². The van der Waals surface area contributed by atoms with Gasteiger partial charge in [0.05, 0.1) is 18.0 Å². The van der Waals surface area contributed by atoms with Gasteiger partial charge in [0.1, 0.15) is 16.6 Å². The van der Waals surface area contributed by atoms with Crippen molar-refractivity contribution < 1.29 is 8.42 Å². The van der Waals surface area contributed by atoms with Gasteiger partial charge in [-0.05, 0) is 6.92 Å². The molecular weight excluding hydrogens is 288 g/mol. The molecule has 19 heavy (non-hydrogen) atoms. The Morgan fingerprint density at radius 3 is 2.74 bits per heavy atom. The number of hydrogen-bond donors (Lipinski definition) is 3. The molecule has 2 rings (SSSR count). The third kappa shape index (κ3) is 2.58. The minimum absolute atomic E-state index is 0.0416. The average molecular weight is 300 g/mol. The third-order valence-electron chi connectivity index (χ3n) is 2.40. The normalized spacial score (nSPS) is 11.5. The Bertz CT molecular complexity index is 730. The highest BCUT2D eigenvalue weighted by atomic mass is 32.2. The first kappa shape index (κ1) is 13.5. The molecule has 0 amide bonds. The van der Waals surface area contributed by atoms with Crippen molar-refractivity contribution in [2.75, 3.05) is 4.72 Å². The summed E-state index contributed by atoms with van der Waals surface area (Å²) in [6.07, 6.45) is 2.63. The quantitative estimate of drug-likeness (QED) is 0.678. The molecule has 0 spiro atoms. The summed E-state index contributed by atoms with van der Waals surface area (Å²) in [4.78, 5) is 6.55. The van der Waals surface area contributed by atoms with Crippen LogP contribution in [0, 0.1) is 6.92 Å². The number of hydrogen-bond acceptors (Lipinski definition) is 5. The molecule has 0 aliphatic heterocycles. The number of H-pyrrole nitrogens is 1. The summed E-state index contributed by atoms with van der Waals surface area (Å²) in [6.45, 7) is 1.66. The van der Waals surface area contributed by atoms with Crippen molar-refractivity contribution in [2.45, 2.75) is 11.9 Å². The zero-order chi connectivity index (χ0) is 14.2. The van der Waals surface area contributed by atoms with Gasteiger partial charge in [0, 0.05) is 7.05 Å². The molecule has 0 saturated heterocycles. The molecule has 0 bridgehead atoms. The summed E-state index contributed by atoms with van der Waals surface area (Å²) in [5.74, 6) is 0.708. The van der Waals surface area contributed by atoms with Crippen LogP contribution in [0.25, 0.3) is 0 Å². The van der Waals surface area contributed by atoms with Gasteiger partial charge in [-0.3, -0.25) is 9.40 Å². The van der Waals surface area contributed by atoms with Crippen LogP contribution in [0.4, 0.5) is 5.82 Å². The Labute approximate surface area is 115 Å². The Kier molecular flexibility index (Phi) is 3.28. The predicted molar refractivity (Wildman–Crippen MR) is 73.2 cm³/mol. The smallest absolute Gasteiger partial charge is 0.280 e. The molecule has 0 aromatic carbocycles. The summed E-state index contributed by atoms with van der Waals surface area (Å²) in [7, 11) is -2.20. The standard InChI is InChI=1S/C9H12N6O2S2/c1-5-11-4-7(13-5)19(16,17)14-9-6(8(10)18)3-12-15(9)2/h3-4,14H,1-2H3,(H2,10,18)(H,11,13). The molecule has 0 radical (unpaired) electrons. The van der Waals surface area contributed by atoms with E-state index in [-0.39, 0.29) is 15.8 Å². The number of aromatic nitrogens is 4. The molecule has 0 fully saturated rings. The molecule has 0 atom stereocenters. The number of aryl methyl sites for hydroxylation is 2. The van der Waals surface area contributed by atoms with Crippen molar-refractivity contribution in [3.05, 3.63) is 23.8 Å². The van der Waals surface area contributed by atoms with Crippen LogP contribution < -0.4 is 10.5 Å². The van der Waals surface area contributed by atoms with E-state index in [1.54, 1.807) is 14.0 Å². The lowest BCUT2D eigenvalue weighted by Gasteiger charge is -2.08. The fraction of sp³-hybridized carbons (Fsp3) is 0.222. The first-order valence-corrected chi connectivity index (χ1v) is 7.06. The maximum Gasteiger partial charge on any atom is 0.280 e. The van der Waals surface area contributed by atoms with Crippen molar-refractivity contribution >= 4 is 33.0 Å². The van der Waals surface area contributed by atoms with Crippen LogP contribution in [0.2, 0.25) is 0 Å². The lowest BCUT2D eigenvalue weighted by atomic mass is 10.3. The Morgan fingerprint density at radius 1 is 1.53 bits per heavy atom. The molecule has 2 aromatic heterocycles. The third-order valence-corrected chi connectivity index (χ3v) is 3.87. The number of nitrogens with zero attached hydrogens (tertiary/aromatic N) is 3. The summed E-state index contributed by atoms with van der Waals surface area (Å²) in [5, 5.41) is 3.88. The molecule has 0 aliphatic rings. The Hall–Kier alpha value is -1.94. The van der Waals surface area contributed by atoms with E-state index in [2.05, 4.69) is 19.8 Å². The van der Waals surface area contributed by atoms with E-state index in [9.17, 15) is 8.42 Å². The number of rotatable bonds is 4. The molecule has 4 N–H and O–H groups in total. The fourth-order valence-electron chi connectivity index (χ4n) is 1.46. The molecule has 0 aliphatic carbocycles. The topological polar surface area (TPSA) is 119 Å². The summed E-state index contributed by atoms with van der Waals surface area (Å²) < 4.78 is 28.0. The summed E-state index contributed by atoms with van der Waals surface area (Å²) >= 11 is 4.84. The van der Waals surface area contributed by atoms with Gasteiger partial charge in [-0.2, -0.15) is 13.5 Å². The van der Waals surface area contributed by atoms with Gasteiger partial charge < -0.3 is 10.7 Å². The van der Waals surface area contributed by atoms with E-state index < -0.39 is 10.0 Å². The zero-order valence-electron chi connectivity index (χ0n) is 10.2. The molecule has 10 heteroatoms. The van der Waals surface area contributed by atoms with Gasteiger partial charge in [-0.25, -0.2) is 4.98 Å². The Morgan fingerprint density at radius 2 is 2.21 bits per heavy atom. The first-order valence-electron chi connectivity index (χ1n) is 5.17. The van der Waals surface area contributed by atoms with Crippen molar-refractivity contribution in [2.24, 2.45) is 12.8 Å². The van der Waals surface area contributed by atoms with Crippen LogP contribution in [0.1, 0.15) is 11.4 Å². The number of aromatic amines is 1. The van der Waals surface area contributed by atoms with Crippen LogP contribution in [0.15, 0.2) is 17.4 Å². The van der Waals surface area contributed by atoms with E-state index in [0.29, 0.717) is 11.4 Å². The predicted octanol–water partition coefficient (Wildman–Crippen LogP) is -0.113. The first-order chi connectivity index (χ1) is 8.81. The van der Waals surface area contributed by atoms with E-state index >= 15 is 0 Å². The largest absolute Gasteiger partial charge is 0.389 e. The number of nitrogens with one attached hydrogen (secondary N) is 2. The summed E-state index contributed by atoms with van der Waals surface area (Å²) in [5.41, 5.74) is 5.87. The van der Waals surface area contributed by atoms with E-state index in [0.717, 1.165) is 0 Å². The van der Waals surface area contributed by atoms with E-state index in [1.807, 2.05) is 0 Å². The lowest BCUT2D eigenvalue weighted by molar-refractivity contribution is 0.597. The van der Waals surface area contributed by atoms with E-state index in [1.165, 1.54) is 17.1 Å². The molecule has 2 heterocycles. The van der Waals surface area contributed by atoms with E-state index in [4.69, 9.17) is 18.0 Å². The van der Waals surface area contributed by atoms with Crippen LogP contribution in [-0.4, -0.2) is 33.2 Å². The molecule has 8 nitrogen and oxygen atoms in total. The second-order valence-electron chi connectivity index (χ2n) is 3.83. The van der Waals surface area contributed by atoms with Crippen LogP contribution in [0.3, 0.4) is 0 Å². The monoisotopic (exact) mass is 300 g/mol.